The van der Waals surface area contributed by atoms with Crippen molar-refractivity contribution in [1.29, 1.82) is 0 Å². The zero-order chi connectivity index (χ0) is 21.5. The van der Waals surface area contributed by atoms with E-state index in [-0.39, 0.29) is 6.04 Å². The van der Waals surface area contributed by atoms with Gasteiger partial charge in [-0.15, -0.1) is 5.10 Å². The van der Waals surface area contributed by atoms with E-state index in [1.165, 1.54) is 28.5 Å². The van der Waals surface area contributed by atoms with Crippen LogP contribution >= 0.6 is 0 Å². The van der Waals surface area contributed by atoms with Gasteiger partial charge in [-0.25, -0.2) is 10.2 Å². The van der Waals surface area contributed by atoms with Crippen LogP contribution in [0.15, 0.2) is 91.1 Å². The Balaban J connectivity index is 1.66. The number of carbonyl (C=O) groups is 1. The molecule has 0 saturated heterocycles. The Morgan fingerprint density at radius 1 is 1.00 bits per heavy atom. The molecule has 1 atom stereocenters. The molecular formula is C25H22N4O2. The Labute approximate surface area is 180 Å². The molecule has 0 bridgehead atoms. The molecular weight excluding hydrogens is 388 g/mol. The quantitative estimate of drug-likeness (QED) is 0.268. The highest BCUT2D eigenvalue weighted by Crippen LogP contribution is 2.24. The molecule has 31 heavy (non-hydrogen) atoms. The number of hydrogen-bond acceptors (Lipinski definition) is 4. The number of carbonyl (C=O) groups excluding carboxylic acids is 1. The summed E-state index contributed by atoms with van der Waals surface area (Å²) in [6.07, 6.45) is 9.41. The largest absolute Gasteiger partial charge is 0.288 e. The summed E-state index contributed by atoms with van der Waals surface area (Å²) < 4.78 is 1.79. The van der Waals surface area contributed by atoms with Gasteiger partial charge >= 0.3 is 0 Å². The van der Waals surface area contributed by atoms with Gasteiger partial charge in [-0.2, -0.15) is 0 Å². The number of rotatable bonds is 7. The maximum atomic E-state index is 11.2. The standard InChI is InChI=1S/C25H22N4O2/c30-25(27-31)16-14-22-18-29(28-26-22)23(15-13-19-7-2-1-3-8-19)17-21-11-6-10-20-9-4-5-12-24(20)21/h1-16,18,23,31H,17H2,(H,27,30)/b15-13+,16-14+. The zero-order valence-corrected chi connectivity index (χ0v) is 16.8. The summed E-state index contributed by atoms with van der Waals surface area (Å²) in [6, 6.07) is 24.7. The van der Waals surface area contributed by atoms with Crippen molar-refractivity contribution in [2.45, 2.75) is 12.5 Å². The van der Waals surface area contributed by atoms with Crippen molar-refractivity contribution in [3.05, 3.63) is 108 Å². The second-order valence-electron chi connectivity index (χ2n) is 7.11. The molecule has 4 aromatic rings. The molecule has 0 aliphatic rings. The predicted octanol–water partition coefficient (Wildman–Crippen LogP) is 4.45. The van der Waals surface area contributed by atoms with Gasteiger partial charge in [0.1, 0.15) is 5.69 Å². The van der Waals surface area contributed by atoms with E-state index in [2.05, 4.69) is 64.9 Å². The molecule has 4 rings (SSSR count). The van der Waals surface area contributed by atoms with Crippen molar-refractivity contribution in [1.82, 2.24) is 20.5 Å². The van der Waals surface area contributed by atoms with Crippen molar-refractivity contribution in [3.8, 4) is 0 Å². The fourth-order valence-corrected chi connectivity index (χ4v) is 3.46. The molecule has 2 N–H and O–H groups in total. The second kappa shape index (κ2) is 9.65. The van der Waals surface area contributed by atoms with Crippen molar-refractivity contribution in [3.63, 3.8) is 0 Å². The number of fused-ring (bicyclic) bond motifs is 1. The van der Waals surface area contributed by atoms with E-state index >= 15 is 0 Å². The van der Waals surface area contributed by atoms with Crippen molar-refractivity contribution >= 4 is 28.8 Å². The topological polar surface area (TPSA) is 80.0 Å². The fraction of sp³-hybridized carbons (Fsp3) is 0.0800. The average molecular weight is 410 g/mol. The smallest absolute Gasteiger partial charge is 0.267 e. The van der Waals surface area contributed by atoms with Crippen molar-refractivity contribution < 1.29 is 10.0 Å². The third-order valence-electron chi connectivity index (χ3n) is 5.00. The number of nitrogens with one attached hydrogen (secondary N) is 1. The predicted molar refractivity (Wildman–Crippen MR) is 121 cm³/mol. The van der Waals surface area contributed by atoms with Gasteiger partial charge in [0.15, 0.2) is 0 Å². The average Bonchev–Trinajstić information content (AvgIpc) is 3.30. The molecule has 154 valence electrons. The maximum absolute atomic E-state index is 11.2. The molecule has 0 radical (unpaired) electrons. The molecule has 0 saturated carbocycles. The van der Waals surface area contributed by atoms with Crippen LogP contribution in [-0.2, 0) is 11.2 Å². The molecule has 0 fully saturated rings. The number of allylic oxidation sites excluding steroid dienone is 1. The Kier molecular flexibility index (Phi) is 6.30. The third-order valence-corrected chi connectivity index (χ3v) is 5.00. The van der Waals surface area contributed by atoms with Crippen LogP contribution in [0.4, 0.5) is 0 Å². The van der Waals surface area contributed by atoms with E-state index in [1.54, 1.807) is 16.4 Å². The van der Waals surface area contributed by atoms with E-state index in [9.17, 15) is 4.79 Å². The van der Waals surface area contributed by atoms with E-state index in [1.807, 2.05) is 30.3 Å². The Hall–Kier alpha value is -4.03. The van der Waals surface area contributed by atoms with Gasteiger partial charge in [0.05, 0.1) is 12.2 Å². The van der Waals surface area contributed by atoms with Crippen LogP contribution in [-0.4, -0.2) is 26.1 Å². The summed E-state index contributed by atoms with van der Waals surface area (Å²) in [7, 11) is 0. The second-order valence-corrected chi connectivity index (χ2v) is 7.11. The molecule has 1 heterocycles. The number of aromatic nitrogens is 3. The summed E-state index contributed by atoms with van der Waals surface area (Å²) in [5, 5.41) is 19.5. The minimum absolute atomic E-state index is 0.0765. The number of benzene rings is 3. The Bertz CT molecular complexity index is 1220. The monoisotopic (exact) mass is 410 g/mol. The minimum atomic E-state index is -0.620. The maximum Gasteiger partial charge on any atom is 0.267 e. The summed E-state index contributed by atoms with van der Waals surface area (Å²) in [6.45, 7) is 0. The normalized spacial score (nSPS) is 12.5. The first-order chi connectivity index (χ1) is 15.2. The molecule has 1 aromatic heterocycles. The van der Waals surface area contributed by atoms with Crippen molar-refractivity contribution in [2.75, 3.05) is 0 Å². The van der Waals surface area contributed by atoms with E-state index in [0.717, 1.165) is 12.0 Å². The number of hydroxylamine groups is 1. The van der Waals surface area contributed by atoms with E-state index in [0.29, 0.717) is 5.69 Å². The minimum Gasteiger partial charge on any atom is -0.288 e. The molecule has 0 spiro atoms. The van der Waals surface area contributed by atoms with Gasteiger partial charge < -0.3 is 0 Å². The first kappa shape index (κ1) is 20.3. The van der Waals surface area contributed by atoms with Crippen LogP contribution in [0.3, 0.4) is 0 Å². The van der Waals surface area contributed by atoms with Crippen LogP contribution in [0.25, 0.3) is 22.9 Å². The van der Waals surface area contributed by atoms with Crippen LogP contribution in [0.1, 0.15) is 22.9 Å². The lowest BCUT2D eigenvalue weighted by Crippen LogP contribution is -2.14. The summed E-state index contributed by atoms with van der Waals surface area (Å²) in [5.41, 5.74) is 4.41. The molecule has 6 heteroatoms. The van der Waals surface area contributed by atoms with E-state index < -0.39 is 5.91 Å². The molecule has 0 aliphatic carbocycles. The molecule has 0 aliphatic heterocycles. The van der Waals surface area contributed by atoms with Crippen LogP contribution < -0.4 is 5.48 Å². The van der Waals surface area contributed by atoms with Gasteiger partial charge in [0.2, 0.25) is 0 Å². The van der Waals surface area contributed by atoms with Gasteiger partial charge in [0, 0.05) is 6.08 Å². The van der Waals surface area contributed by atoms with Crippen LogP contribution in [0.2, 0.25) is 0 Å². The SMILES string of the molecule is O=C(/C=C/c1cn(C(/C=C/c2ccccc2)Cc2cccc3ccccc23)nn1)NO. The number of nitrogens with zero attached hydrogens (tertiary/aromatic N) is 3. The lowest BCUT2D eigenvalue weighted by atomic mass is 9.98. The first-order valence-electron chi connectivity index (χ1n) is 9.97. The lowest BCUT2D eigenvalue weighted by Gasteiger charge is -2.15. The van der Waals surface area contributed by atoms with Gasteiger partial charge in [0.25, 0.3) is 5.91 Å². The highest BCUT2D eigenvalue weighted by molar-refractivity contribution is 5.90. The molecule has 3 aromatic carbocycles. The first-order valence-corrected chi connectivity index (χ1v) is 9.97. The third kappa shape index (κ3) is 5.12. The highest BCUT2D eigenvalue weighted by atomic mass is 16.5. The number of hydrogen-bond donors (Lipinski definition) is 2. The number of amides is 1. The Morgan fingerprint density at radius 2 is 1.77 bits per heavy atom. The highest BCUT2D eigenvalue weighted by Gasteiger charge is 2.13. The zero-order valence-electron chi connectivity index (χ0n) is 16.8. The molecule has 1 amide bonds. The summed E-state index contributed by atoms with van der Waals surface area (Å²) in [4.78, 5) is 11.2. The Morgan fingerprint density at radius 3 is 2.61 bits per heavy atom. The lowest BCUT2D eigenvalue weighted by molar-refractivity contribution is -0.124. The van der Waals surface area contributed by atoms with Gasteiger partial charge in [-0.3, -0.25) is 10.0 Å². The fourth-order valence-electron chi connectivity index (χ4n) is 3.46. The van der Waals surface area contributed by atoms with Crippen LogP contribution in [0, 0.1) is 0 Å². The van der Waals surface area contributed by atoms with Gasteiger partial charge in [-0.1, -0.05) is 90.2 Å². The summed E-state index contributed by atoms with van der Waals surface area (Å²) >= 11 is 0. The molecule has 6 nitrogen and oxygen atoms in total. The summed E-state index contributed by atoms with van der Waals surface area (Å²) in [5.74, 6) is -0.620. The van der Waals surface area contributed by atoms with E-state index in [4.69, 9.17) is 5.21 Å². The van der Waals surface area contributed by atoms with Crippen molar-refractivity contribution in [2.24, 2.45) is 0 Å². The molecule has 1 unspecified atom stereocenters. The van der Waals surface area contributed by atoms with Crippen LogP contribution in [0.5, 0.6) is 0 Å². The van der Waals surface area contributed by atoms with Gasteiger partial charge in [-0.05, 0) is 34.4 Å².